The molecule has 1 rings (SSSR count). The molecule has 18 heavy (non-hydrogen) atoms. The highest BCUT2D eigenvalue weighted by molar-refractivity contribution is 5.94. The molecule has 0 spiro atoms. The van der Waals surface area contributed by atoms with Crippen LogP contribution in [0.25, 0.3) is 0 Å². The van der Waals surface area contributed by atoms with Crippen LogP contribution in [0.5, 0.6) is 11.5 Å². The zero-order chi connectivity index (χ0) is 13.5. The number of hydrogen-bond donors (Lipinski definition) is 0. The monoisotopic (exact) mass is 250 g/mol. The number of ketones is 1. The summed E-state index contributed by atoms with van der Waals surface area (Å²) in [6.45, 7) is 6.55. The van der Waals surface area contributed by atoms with Crippen LogP contribution in [0.3, 0.4) is 0 Å². The summed E-state index contributed by atoms with van der Waals surface area (Å²) in [5.41, 5.74) is 0.640. The second kappa shape index (κ2) is 7.04. The van der Waals surface area contributed by atoms with Crippen molar-refractivity contribution < 1.29 is 14.3 Å². The first kappa shape index (κ1) is 14.6. The fourth-order valence-electron chi connectivity index (χ4n) is 1.74. The molecule has 0 N–H and O–H groups in total. The minimum Gasteiger partial charge on any atom is -0.493 e. The fourth-order valence-corrected chi connectivity index (χ4v) is 1.74. The van der Waals surface area contributed by atoms with Crippen molar-refractivity contribution in [3.8, 4) is 11.5 Å². The summed E-state index contributed by atoms with van der Waals surface area (Å²) < 4.78 is 11.0. The molecule has 0 saturated carbocycles. The average molecular weight is 250 g/mol. The SMILES string of the molecule is CCC(CC)COc1ccc(C(C)=O)cc1OC. The van der Waals surface area contributed by atoms with Gasteiger partial charge in [-0.15, -0.1) is 0 Å². The molecule has 0 radical (unpaired) electrons. The summed E-state index contributed by atoms with van der Waals surface area (Å²) in [6, 6.07) is 5.30. The van der Waals surface area contributed by atoms with E-state index < -0.39 is 0 Å². The van der Waals surface area contributed by atoms with Crippen LogP contribution in [-0.4, -0.2) is 19.5 Å². The van der Waals surface area contributed by atoms with Gasteiger partial charge in [0.1, 0.15) is 0 Å². The molecule has 3 heteroatoms. The van der Waals surface area contributed by atoms with Crippen molar-refractivity contribution in [2.75, 3.05) is 13.7 Å². The van der Waals surface area contributed by atoms with Crippen LogP contribution in [0.15, 0.2) is 18.2 Å². The second-order valence-electron chi connectivity index (χ2n) is 4.42. The van der Waals surface area contributed by atoms with Gasteiger partial charge >= 0.3 is 0 Å². The molecule has 100 valence electrons. The van der Waals surface area contributed by atoms with E-state index in [9.17, 15) is 4.79 Å². The normalized spacial score (nSPS) is 10.5. The Hall–Kier alpha value is -1.51. The zero-order valence-electron chi connectivity index (χ0n) is 11.7. The third-order valence-electron chi connectivity index (χ3n) is 3.20. The first-order valence-electron chi connectivity index (χ1n) is 6.44. The number of carbonyl (C=O) groups excluding carboxylic acids is 1. The molecule has 3 nitrogen and oxygen atoms in total. The smallest absolute Gasteiger partial charge is 0.161 e. The van der Waals surface area contributed by atoms with Gasteiger partial charge in [-0.2, -0.15) is 0 Å². The minimum atomic E-state index is 0.0276. The summed E-state index contributed by atoms with van der Waals surface area (Å²) in [5, 5.41) is 0. The maximum atomic E-state index is 11.3. The summed E-state index contributed by atoms with van der Waals surface area (Å²) >= 11 is 0. The first-order valence-corrected chi connectivity index (χ1v) is 6.44. The Morgan fingerprint density at radius 3 is 2.39 bits per heavy atom. The van der Waals surface area contributed by atoms with Crippen LogP contribution < -0.4 is 9.47 Å². The molecule has 0 fully saturated rings. The number of rotatable bonds is 7. The molecule has 0 heterocycles. The quantitative estimate of drug-likeness (QED) is 0.692. The van der Waals surface area contributed by atoms with Crippen molar-refractivity contribution in [3.05, 3.63) is 23.8 Å². The summed E-state index contributed by atoms with van der Waals surface area (Å²) in [6.07, 6.45) is 2.20. The van der Waals surface area contributed by atoms with E-state index in [2.05, 4.69) is 13.8 Å². The van der Waals surface area contributed by atoms with E-state index in [4.69, 9.17) is 9.47 Å². The number of carbonyl (C=O) groups is 1. The molecule has 1 aromatic carbocycles. The van der Waals surface area contributed by atoms with E-state index in [0.717, 1.165) is 12.8 Å². The van der Waals surface area contributed by atoms with Gasteiger partial charge in [0.2, 0.25) is 0 Å². The zero-order valence-corrected chi connectivity index (χ0v) is 11.7. The molecule has 0 atom stereocenters. The van der Waals surface area contributed by atoms with E-state index in [1.54, 1.807) is 32.2 Å². The van der Waals surface area contributed by atoms with E-state index in [1.807, 2.05) is 0 Å². The van der Waals surface area contributed by atoms with Gasteiger partial charge in [-0.25, -0.2) is 0 Å². The second-order valence-corrected chi connectivity index (χ2v) is 4.42. The molecule has 0 amide bonds. The van der Waals surface area contributed by atoms with Crippen LogP contribution in [0.4, 0.5) is 0 Å². The molecule has 0 aliphatic carbocycles. The Morgan fingerprint density at radius 1 is 1.22 bits per heavy atom. The lowest BCUT2D eigenvalue weighted by atomic mass is 10.1. The van der Waals surface area contributed by atoms with E-state index in [0.29, 0.717) is 29.6 Å². The summed E-state index contributed by atoms with van der Waals surface area (Å²) in [4.78, 5) is 11.3. The molecule has 0 aliphatic rings. The van der Waals surface area contributed by atoms with Crippen LogP contribution >= 0.6 is 0 Å². The number of ether oxygens (including phenoxy) is 2. The lowest BCUT2D eigenvalue weighted by Crippen LogP contribution is -2.10. The maximum Gasteiger partial charge on any atom is 0.161 e. The highest BCUT2D eigenvalue weighted by Gasteiger charge is 2.10. The highest BCUT2D eigenvalue weighted by atomic mass is 16.5. The first-order chi connectivity index (χ1) is 8.62. The van der Waals surface area contributed by atoms with E-state index >= 15 is 0 Å². The number of hydrogen-bond acceptors (Lipinski definition) is 3. The highest BCUT2D eigenvalue weighted by Crippen LogP contribution is 2.29. The standard InChI is InChI=1S/C15H22O3/c1-5-12(6-2)10-18-14-8-7-13(11(3)16)9-15(14)17-4/h7-9,12H,5-6,10H2,1-4H3. The predicted octanol–water partition coefficient (Wildman–Crippen LogP) is 3.71. The van der Waals surface area contributed by atoms with Gasteiger partial charge < -0.3 is 9.47 Å². The Labute approximate surface area is 109 Å². The van der Waals surface area contributed by atoms with Crippen molar-refractivity contribution in [3.63, 3.8) is 0 Å². The van der Waals surface area contributed by atoms with Gasteiger partial charge in [0.25, 0.3) is 0 Å². The average Bonchev–Trinajstić information content (AvgIpc) is 2.39. The number of benzene rings is 1. The van der Waals surface area contributed by atoms with Crippen LogP contribution in [0.1, 0.15) is 44.0 Å². The predicted molar refractivity (Wildman–Crippen MR) is 72.6 cm³/mol. The molecule has 1 aromatic rings. The van der Waals surface area contributed by atoms with Crippen molar-refractivity contribution >= 4 is 5.78 Å². The molecule has 0 bridgehead atoms. The number of Topliss-reactive ketones (excluding diaryl/α,β-unsaturated/α-hetero) is 1. The summed E-state index contributed by atoms with van der Waals surface area (Å²) in [7, 11) is 1.59. The Balaban J connectivity index is 2.79. The molecular formula is C15H22O3. The summed E-state index contributed by atoms with van der Waals surface area (Å²) in [5.74, 6) is 1.91. The Morgan fingerprint density at radius 2 is 1.89 bits per heavy atom. The topological polar surface area (TPSA) is 35.5 Å². The number of methoxy groups -OCH3 is 1. The third kappa shape index (κ3) is 3.76. The molecule has 0 saturated heterocycles. The van der Waals surface area contributed by atoms with Gasteiger partial charge in [-0.3, -0.25) is 4.79 Å². The van der Waals surface area contributed by atoms with Crippen molar-refractivity contribution in [1.29, 1.82) is 0 Å². The molecular weight excluding hydrogens is 228 g/mol. The van der Waals surface area contributed by atoms with Gasteiger partial charge in [-0.05, 0) is 31.0 Å². The fraction of sp³-hybridized carbons (Fsp3) is 0.533. The molecule has 0 aromatic heterocycles. The van der Waals surface area contributed by atoms with E-state index in [1.165, 1.54) is 0 Å². The minimum absolute atomic E-state index is 0.0276. The van der Waals surface area contributed by atoms with E-state index in [-0.39, 0.29) is 5.78 Å². The largest absolute Gasteiger partial charge is 0.493 e. The lowest BCUT2D eigenvalue weighted by Gasteiger charge is -2.16. The van der Waals surface area contributed by atoms with Crippen molar-refractivity contribution in [1.82, 2.24) is 0 Å². The van der Waals surface area contributed by atoms with Gasteiger partial charge in [-0.1, -0.05) is 26.7 Å². The van der Waals surface area contributed by atoms with Gasteiger partial charge in [0.15, 0.2) is 17.3 Å². The maximum absolute atomic E-state index is 11.3. The van der Waals surface area contributed by atoms with Gasteiger partial charge in [0, 0.05) is 5.56 Å². The van der Waals surface area contributed by atoms with Crippen LogP contribution in [-0.2, 0) is 0 Å². The van der Waals surface area contributed by atoms with Crippen LogP contribution in [0.2, 0.25) is 0 Å². The van der Waals surface area contributed by atoms with Crippen LogP contribution in [0, 0.1) is 5.92 Å². The molecule has 0 unspecified atom stereocenters. The van der Waals surface area contributed by atoms with Crippen molar-refractivity contribution in [2.24, 2.45) is 5.92 Å². The Bertz CT molecular complexity index is 395. The van der Waals surface area contributed by atoms with Crippen molar-refractivity contribution in [2.45, 2.75) is 33.6 Å². The Kier molecular flexibility index (Phi) is 5.69. The third-order valence-corrected chi connectivity index (χ3v) is 3.20. The lowest BCUT2D eigenvalue weighted by molar-refractivity contribution is 0.101. The molecule has 0 aliphatic heterocycles. The van der Waals surface area contributed by atoms with Gasteiger partial charge in [0.05, 0.1) is 13.7 Å².